The Kier molecular flexibility index (Phi) is 2.87. The fraction of sp³-hybridized carbons (Fsp3) is 0. The van der Waals surface area contributed by atoms with Crippen molar-refractivity contribution in [3.05, 3.63) is 41.4 Å². The third kappa shape index (κ3) is 2.38. The van der Waals surface area contributed by atoms with Crippen LogP contribution in [0, 0.1) is 5.82 Å². The minimum atomic E-state index is -0.693. The van der Waals surface area contributed by atoms with Crippen molar-refractivity contribution in [1.82, 2.24) is 9.97 Å². The highest BCUT2D eigenvalue weighted by atomic mass is 35.5. The minimum Gasteiger partial charge on any atom is -0.424 e. The van der Waals surface area contributed by atoms with E-state index in [-0.39, 0.29) is 11.2 Å². The van der Waals surface area contributed by atoms with Crippen LogP contribution in [-0.2, 0) is 0 Å². The first kappa shape index (κ1) is 10.6. The van der Waals surface area contributed by atoms with Gasteiger partial charge in [0.1, 0.15) is 5.75 Å². The minimum absolute atomic E-state index is 0.0306. The summed E-state index contributed by atoms with van der Waals surface area (Å²) in [7, 11) is 0. The molecule has 16 heavy (non-hydrogen) atoms. The van der Waals surface area contributed by atoms with E-state index in [1.807, 2.05) is 0 Å². The van der Waals surface area contributed by atoms with Crippen molar-refractivity contribution < 1.29 is 9.13 Å². The SMILES string of the molecule is Nc1cccc(Oc2ncc(F)c(Cl)n2)c1. The molecule has 2 aromatic rings. The van der Waals surface area contributed by atoms with E-state index in [1.165, 1.54) is 0 Å². The summed E-state index contributed by atoms with van der Waals surface area (Å²) >= 11 is 5.48. The Bertz CT molecular complexity index is 521. The molecular weight excluding hydrogens is 233 g/mol. The zero-order valence-electron chi connectivity index (χ0n) is 8.02. The number of nitrogens with two attached hydrogens (primary N) is 1. The monoisotopic (exact) mass is 239 g/mol. The van der Waals surface area contributed by atoms with Gasteiger partial charge in [-0.2, -0.15) is 4.98 Å². The predicted octanol–water partition coefficient (Wildman–Crippen LogP) is 2.64. The summed E-state index contributed by atoms with van der Waals surface area (Å²) in [5.74, 6) is -0.232. The molecule has 0 amide bonds. The van der Waals surface area contributed by atoms with Crippen LogP contribution in [-0.4, -0.2) is 9.97 Å². The van der Waals surface area contributed by atoms with Crippen molar-refractivity contribution in [1.29, 1.82) is 0 Å². The lowest BCUT2D eigenvalue weighted by molar-refractivity contribution is 0.436. The van der Waals surface area contributed by atoms with Crippen molar-refractivity contribution in [2.45, 2.75) is 0 Å². The number of nitrogen functional groups attached to an aromatic ring is 1. The molecule has 6 heteroatoms. The van der Waals surface area contributed by atoms with Gasteiger partial charge in [0, 0.05) is 11.8 Å². The summed E-state index contributed by atoms with van der Waals surface area (Å²) in [6, 6.07) is 6.68. The van der Waals surface area contributed by atoms with Gasteiger partial charge < -0.3 is 10.5 Å². The van der Waals surface area contributed by atoms with E-state index in [4.69, 9.17) is 22.1 Å². The highest BCUT2D eigenvalue weighted by molar-refractivity contribution is 6.29. The van der Waals surface area contributed by atoms with Gasteiger partial charge in [-0.15, -0.1) is 0 Å². The second-order valence-electron chi connectivity index (χ2n) is 2.97. The molecule has 0 atom stereocenters. The summed E-state index contributed by atoms with van der Waals surface area (Å²) in [5.41, 5.74) is 6.11. The highest BCUT2D eigenvalue weighted by Crippen LogP contribution is 2.21. The molecule has 0 spiro atoms. The molecule has 1 aromatic carbocycles. The lowest BCUT2D eigenvalue weighted by Crippen LogP contribution is -1.94. The quantitative estimate of drug-likeness (QED) is 0.646. The first-order valence-corrected chi connectivity index (χ1v) is 4.74. The van der Waals surface area contributed by atoms with Gasteiger partial charge in [-0.05, 0) is 12.1 Å². The molecule has 4 nitrogen and oxygen atoms in total. The lowest BCUT2D eigenvalue weighted by atomic mass is 10.3. The summed E-state index contributed by atoms with van der Waals surface area (Å²) in [6.45, 7) is 0. The lowest BCUT2D eigenvalue weighted by Gasteiger charge is -2.04. The smallest absolute Gasteiger partial charge is 0.323 e. The number of hydrogen-bond acceptors (Lipinski definition) is 4. The Hall–Kier alpha value is -1.88. The van der Waals surface area contributed by atoms with Crippen LogP contribution in [0.25, 0.3) is 0 Å². The van der Waals surface area contributed by atoms with Crippen molar-refractivity contribution in [3.8, 4) is 11.8 Å². The topological polar surface area (TPSA) is 61.0 Å². The molecule has 0 radical (unpaired) electrons. The number of nitrogens with zero attached hydrogens (tertiary/aromatic N) is 2. The Balaban J connectivity index is 2.24. The van der Waals surface area contributed by atoms with Crippen LogP contribution in [0.3, 0.4) is 0 Å². The van der Waals surface area contributed by atoms with Gasteiger partial charge in [-0.25, -0.2) is 9.37 Å². The third-order valence-electron chi connectivity index (χ3n) is 1.75. The van der Waals surface area contributed by atoms with Crippen molar-refractivity contribution in [2.75, 3.05) is 5.73 Å². The van der Waals surface area contributed by atoms with Crippen LogP contribution >= 0.6 is 11.6 Å². The maximum Gasteiger partial charge on any atom is 0.323 e. The molecule has 1 aromatic heterocycles. The van der Waals surface area contributed by atoms with Gasteiger partial charge in [-0.3, -0.25) is 0 Å². The van der Waals surface area contributed by atoms with Crippen LogP contribution in [0.1, 0.15) is 0 Å². The fourth-order valence-corrected chi connectivity index (χ4v) is 1.19. The maximum atomic E-state index is 12.8. The van der Waals surface area contributed by atoms with Gasteiger partial charge in [0.05, 0.1) is 6.20 Å². The normalized spacial score (nSPS) is 10.1. The predicted molar refractivity (Wildman–Crippen MR) is 57.9 cm³/mol. The van der Waals surface area contributed by atoms with Crippen LogP contribution in [0.15, 0.2) is 30.5 Å². The van der Waals surface area contributed by atoms with E-state index in [0.29, 0.717) is 11.4 Å². The van der Waals surface area contributed by atoms with E-state index >= 15 is 0 Å². The highest BCUT2D eigenvalue weighted by Gasteiger charge is 2.06. The van der Waals surface area contributed by atoms with Gasteiger partial charge >= 0.3 is 6.01 Å². The van der Waals surface area contributed by atoms with Crippen LogP contribution in [0.2, 0.25) is 5.15 Å². The molecule has 0 aliphatic rings. The molecule has 0 saturated heterocycles. The van der Waals surface area contributed by atoms with E-state index in [0.717, 1.165) is 6.20 Å². The van der Waals surface area contributed by atoms with Gasteiger partial charge in [0.15, 0.2) is 11.0 Å². The third-order valence-corrected chi connectivity index (χ3v) is 2.01. The van der Waals surface area contributed by atoms with Gasteiger partial charge in [-0.1, -0.05) is 17.7 Å². The molecule has 2 N–H and O–H groups in total. The molecule has 0 aliphatic heterocycles. The first-order valence-electron chi connectivity index (χ1n) is 4.36. The summed E-state index contributed by atoms with van der Waals surface area (Å²) < 4.78 is 18.0. The zero-order valence-corrected chi connectivity index (χ0v) is 8.78. The zero-order chi connectivity index (χ0) is 11.5. The molecule has 1 heterocycles. The number of benzene rings is 1. The molecule has 0 saturated carbocycles. The number of hydrogen-bond donors (Lipinski definition) is 1. The van der Waals surface area contributed by atoms with Gasteiger partial charge in [0.2, 0.25) is 0 Å². The van der Waals surface area contributed by atoms with E-state index in [1.54, 1.807) is 24.3 Å². The maximum absolute atomic E-state index is 12.8. The molecular formula is C10H7ClFN3O. The summed E-state index contributed by atoms with van der Waals surface area (Å²) in [5, 5.41) is -0.283. The van der Waals surface area contributed by atoms with Crippen LogP contribution in [0.4, 0.5) is 10.1 Å². The molecule has 0 aliphatic carbocycles. The van der Waals surface area contributed by atoms with Crippen molar-refractivity contribution in [2.24, 2.45) is 0 Å². The number of halogens is 2. The molecule has 0 unspecified atom stereocenters. The summed E-state index contributed by atoms with van der Waals surface area (Å²) in [6.07, 6.45) is 0.941. The Morgan fingerprint density at radius 3 is 2.88 bits per heavy atom. The first-order chi connectivity index (χ1) is 7.65. The van der Waals surface area contributed by atoms with Crippen LogP contribution in [0.5, 0.6) is 11.8 Å². The molecule has 82 valence electrons. The van der Waals surface area contributed by atoms with Gasteiger partial charge in [0.25, 0.3) is 0 Å². The van der Waals surface area contributed by atoms with Crippen molar-refractivity contribution in [3.63, 3.8) is 0 Å². The molecule has 0 fully saturated rings. The average molecular weight is 240 g/mol. The second-order valence-corrected chi connectivity index (χ2v) is 3.32. The average Bonchev–Trinajstić information content (AvgIpc) is 2.24. The Morgan fingerprint density at radius 2 is 2.19 bits per heavy atom. The standard InChI is InChI=1S/C10H7ClFN3O/c11-9-8(12)5-14-10(15-9)16-7-3-1-2-6(13)4-7/h1-5H,13H2. The molecule has 2 rings (SSSR count). The fourth-order valence-electron chi connectivity index (χ4n) is 1.06. The second kappa shape index (κ2) is 4.32. The van der Waals surface area contributed by atoms with Crippen LogP contribution < -0.4 is 10.5 Å². The number of rotatable bonds is 2. The largest absolute Gasteiger partial charge is 0.424 e. The van der Waals surface area contributed by atoms with E-state index in [2.05, 4.69) is 9.97 Å². The number of ether oxygens (including phenoxy) is 1. The number of anilines is 1. The van der Waals surface area contributed by atoms with Crippen molar-refractivity contribution >= 4 is 17.3 Å². The summed E-state index contributed by atoms with van der Waals surface area (Å²) in [4.78, 5) is 7.24. The Morgan fingerprint density at radius 1 is 1.38 bits per heavy atom. The molecule has 0 bridgehead atoms. The van der Waals surface area contributed by atoms with E-state index in [9.17, 15) is 4.39 Å². The van der Waals surface area contributed by atoms with E-state index < -0.39 is 5.82 Å². The number of aromatic nitrogens is 2. The Labute approximate surface area is 95.9 Å².